The van der Waals surface area contributed by atoms with Crippen LogP contribution in [0.25, 0.3) is 10.1 Å². The maximum atomic E-state index is 10.8. The van der Waals surface area contributed by atoms with E-state index >= 15 is 0 Å². The van der Waals surface area contributed by atoms with Gasteiger partial charge in [0.25, 0.3) is 0 Å². The molecule has 0 fully saturated rings. The second-order valence-corrected chi connectivity index (χ2v) is 13.0. The number of fused-ring (bicyclic) bond motifs is 1. The Morgan fingerprint density at radius 3 is 2.72 bits per heavy atom. The fourth-order valence-electron chi connectivity index (χ4n) is 3.02. The fourth-order valence-corrected chi connectivity index (χ4v) is 8.89. The molecule has 0 bridgehead atoms. The molecule has 0 radical (unpaired) electrons. The number of anilines is 2. The van der Waals surface area contributed by atoms with Gasteiger partial charge in [0.15, 0.2) is 0 Å². The van der Waals surface area contributed by atoms with Gasteiger partial charge in [-0.15, -0.1) is 0 Å². The zero-order valence-electron chi connectivity index (χ0n) is 16.9. The van der Waals surface area contributed by atoms with E-state index in [9.17, 15) is 4.79 Å². The number of nitrogens with two attached hydrogens (primary N) is 1. The third kappa shape index (κ3) is 5.79. The van der Waals surface area contributed by atoms with Crippen LogP contribution in [0.4, 0.5) is 11.4 Å². The first-order valence-electron chi connectivity index (χ1n) is 9.45. The van der Waals surface area contributed by atoms with Crippen molar-refractivity contribution >= 4 is 47.7 Å². The van der Waals surface area contributed by atoms with Crippen LogP contribution in [-0.2, 0) is 11.3 Å². The topological polar surface area (TPSA) is 66.6 Å². The van der Waals surface area contributed by atoms with Crippen molar-refractivity contribution in [3.05, 3.63) is 58.0 Å². The number of rotatable bonds is 9. The van der Waals surface area contributed by atoms with Gasteiger partial charge >= 0.3 is 190 Å². The molecule has 7 heteroatoms. The number of carbonyl (C=O) groups is 1. The molecule has 0 aliphatic rings. The third-order valence-electron chi connectivity index (χ3n) is 4.77. The quantitative estimate of drug-likeness (QED) is 0.189. The maximum absolute atomic E-state index is 10.8. The summed E-state index contributed by atoms with van der Waals surface area (Å²) in [4.78, 5) is 10.8. The normalized spacial score (nSPS) is 11.3. The molecule has 156 valence electrons. The number of nitrogens with zero attached hydrogens (tertiary/aromatic N) is 1. The van der Waals surface area contributed by atoms with E-state index in [2.05, 4.69) is 59.6 Å². The molecule has 2 aromatic carbocycles. The molecule has 3 aromatic rings. The Morgan fingerprint density at radius 1 is 1.21 bits per heavy atom. The molecule has 29 heavy (non-hydrogen) atoms. The van der Waals surface area contributed by atoms with Gasteiger partial charge in [0.05, 0.1) is 0 Å². The van der Waals surface area contributed by atoms with Crippen LogP contribution in [-0.4, -0.2) is 16.8 Å². The van der Waals surface area contributed by atoms with E-state index in [1.54, 1.807) is 11.3 Å². The Kier molecular flexibility index (Phi) is 7.70. The van der Waals surface area contributed by atoms with Crippen molar-refractivity contribution in [2.75, 3.05) is 14.6 Å². The van der Waals surface area contributed by atoms with E-state index in [1.165, 1.54) is 32.3 Å². The summed E-state index contributed by atoms with van der Waals surface area (Å²) in [6, 6.07) is 10.9. The van der Waals surface area contributed by atoms with Crippen LogP contribution in [0.3, 0.4) is 0 Å². The molecule has 0 saturated carbocycles. The number of halogens is 1. The van der Waals surface area contributed by atoms with Crippen molar-refractivity contribution in [2.24, 2.45) is 0 Å². The van der Waals surface area contributed by atoms with Gasteiger partial charge in [-0.05, 0) is 0 Å². The number of hydrogen-bond donors (Lipinski definition) is 2. The van der Waals surface area contributed by atoms with Crippen LogP contribution in [0.5, 0.6) is 0 Å². The number of thiophene rings is 1. The van der Waals surface area contributed by atoms with Crippen molar-refractivity contribution < 1.29 is 30.0 Å². The number of aryl methyl sites for hydroxylation is 3. The average Bonchev–Trinajstić information content (AvgIpc) is 3.05. The first-order chi connectivity index (χ1) is 13.8. The average molecular weight is 542 g/mol. The van der Waals surface area contributed by atoms with E-state index in [0.29, 0.717) is 6.42 Å². The van der Waals surface area contributed by atoms with Crippen molar-refractivity contribution in [1.82, 2.24) is 0 Å². The molecule has 0 amide bonds. The van der Waals surface area contributed by atoms with Gasteiger partial charge in [-0.1, -0.05) is 0 Å². The molecular weight excluding hydrogens is 515 g/mol. The summed E-state index contributed by atoms with van der Waals surface area (Å²) in [5.41, 5.74) is 13.4. The second-order valence-electron chi connectivity index (χ2n) is 7.16. The van der Waals surface area contributed by atoms with Gasteiger partial charge in [0.2, 0.25) is 0 Å². The van der Waals surface area contributed by atoms with Crippen LogP contribution >= 0.6 is 20.3 Å². The number of carboxylic acids is 1. The minimum atomic E-state index is -0.723. The third-order valence-corrected chi connectivity index (χ3v) is 10.9. The fraction of sp³-hybridized carbons (Fsp3) is 0.318. The van der Waals surface area contributed by atoms with Gasteiger partial charge in [-0.2, -0.15) is 0 Å². The SMILES string of the molecule is Cc1ccc2scc(CN([I-]SCCCC(=O)O)c3cc(C)c(C)cc3N)c2c1. The molecule has 0 atom stereocenters. The van der Waals surface area contributed by atoms with Crippen molar-refractivity contribution in [2.45, 2.75) is 40.2 Å². The van der Waals surface area contributed by atoms with E-state index in [0.717, 1.165) is 23.7 Å². The summed E-state index contributed by atoms with van der Waals surface area (Å²) in [5, 5.41) is 12.4. The Bertz CT molecular complexity index is 1020. The predicted molar refractivity (Wildman–Crippen MR) is 122 cm³/mol. The molecule has 0 aliphatic heterocycles. The van der Waals surface area contributed by atoms with Crippen LogP contribution in [0.15, 0.2) is 35.7 Å². The van der Waals surface area contributed by atoms with E-state index in [-0.39, 0.29) is 26.5 Å². The number of hydrogen-bond acceptors (Lipinski definition) is 5. The molecule has 0 aliphatic carbocycles. The monoisotopic (exact) mass is 541 g/mol. The van der Waals surface area contributed by atoms with Crippen molar-refractivity contribution in [1.29, 1.82) is 0 Å². The molecule has 0 spiro atoms. The Hall–Kier alpha value is -1.45. The Balaban J connectivity index is 1.85. The molecule has 0 unspecified atom stereocenters. The molecular formula is C22H26IN2O2S2-. The standard InChI is InChI=1S/C22H26IN2O2S2/c1-14-6-7-21-18(9-14)17(13-28-21)12-25(23-29-8-4-5-22(26)27)20-11-16(3)15(2)10-19(20)24/h6-7,9-11,13H,4-5,8,12,24H2,1-3H3,(H,26,27)/q-1. The van der Waals surface area contributed by atoms with Crippen LogP contribution in [0, 0.1) is 20.8 Å². The summed E-state index contributed by atoms with van der Waals surface area (Å²) in [7, 11) is 1.87. The molecule has 1 heterocycles. The van der Waals surface area contributed by atoms with Crippen molar-refractivity contribution in [3.63, 3.8) is 0 Å². The second kappa shape index (κ2) is 10.0. The number of aliphatic carboxylic acids is 1. The van der Waals surface area contributed by atoms with E-state index < -0.39 is 5.97 Å². The van der Waals surface area contributed by atoms with Crippen LogP contribution in [0.2, 0.25) is 0 Å². The molecule has 1 aromatic heterocycles. The summed E-state index contributed by atoms with van der Waals surface area (Å²) >= 11 is 1.41. The zero-order valence-corrected chi connectivity index (χ0v) is 20.7. The summed E-state index contributed by atoms with van der Waals surface area (Å²) in [6.07, 6.45) is 0.938. The van der Waals surface area contributed by atoms with Gasteiger partial charge in [0.1, 0.15) is 0 Å². The zero-order chi connectivity index (χ0) is 21.0. The van der Waals surface area contributed by atoms with Gasteiger partial charge in [0, 0.05) is 0 Å². The number of nitrogen functional groups attached to an aromatic ring is 1. The minimum absolute atomic E-state index is 0.233. The van der Waals surface area contributed by atoms with Gasteiger partial charge in [-0.3, -0.25) is 0 Å². The molecule has 3 rings (SSSR count). The molecule has 4 nitrogen and oxygen atoms in total. The van der Waals surface area contributed by atoms with Gasteiger partial charge in [-0.25, -0.2) is 0 Å². The Labute approximate surface area is 189 Å². The Morgan fingerprint density at radius 2 is 1.97 bits per heavy atom. The summed E-state index contributed by atoms with van der Waals surface area (Å²) in [5.74, 6) is 0.142. The van der Waals surface area contributed by atoms with Crippen LogP contribution < -0.4 is 28.9 Å². The first kappa shape index (κ1) is 22.2. The van der Waals surface area contributed by atoms with Gasteiger partial charge < -0.3 is 0 Å². The van der Waals surface area contributed by atoms with E-state index in [4.69, 9.17) is 10.8 Å². The van der Waals surface area contributed by atoms with Crippen LogP contribution in [0.1, 0.15) is 35.1 Å². The first-order valence-corrected chi connectivity index (χ1v) is 14.8. The van der Waals surface area contributed by atoms with Crippen molar-refractivity contribution in [3.8, 4) is 0 Å². The summed E-state index contributed by atoms with van der Waals surface area (Å²) in [6.45, 7) is 7.17. The molecule has 0 saturated heterocycles. The summed E-state index contributed by atoms with van der Waals surface area (Å²) < 4.78 is 3.74. The number of benzene rings is 2. The molecule has 3 N–H and O–H groups in total. The van der Waals surface area contributed by atoms with E-state index in [1.807, 2.05) is 8.93 Å². The number of carboxylic acid groups (broad SMARTS) is 1. The predicted octanol–water partition coefficient (Wildman–Crippen LogP) is 2.93.